The first-order valence-electron chi connectivity index (χ1n) is 9.09. The molecule has 6 nitrogen and oxygen atoms in total. The first kappa shape index (κ1) is 19.9. The zero-order valence-electron chi connectivity index (χ0n) is 15.9. The van der Waals surface area contributed by atoms with Gasteiger partial charge in [0.2, 0.25) is 5.78 Å². The minimum Gasteiger partial charge on any atom is -0.487 e. The highest BCUT2D eigenvalue weighted by atomic mass is 16.7. The molecule has 1 saturated heterocycles. The van der Waals surface area contributed by atoms with Crippen LogP contribution in [-0.4, -0.2) is 36.8 Å². The van der Waals surface area contributed by atoms with Gasteiger partial charge >= 0.3 is 0 Å². The van der Waals surface area contributed by atoms with Crippen LogP contribution in [0.2, 0.25) is 0 Å². The Morgan fingerprint density at radius 2 is 1.89 bits per heavy atom. The van der Waals surface area contributed by atoms with Gasteiger partial charge in [0.1, 0.15) is 24.1 Å². The minimum atomic E-state index is -0.926. The molecule has 2 aromatic carbocycles. The highest BCUT2D eigenvalue weighted by Crippen LogP contribution is 2.30. The molecule has 2 unspecified atom stereocenters. The Hall–Kier alpha value is -2.83. The van der Waals surface area contributed by atoms with Gasteiger partial charge < -0.3 is 14.2 Å². The van der Waals surface area contributed by atoms with E-state index in [9.17, 15) is 9.59 Å². The molecule has 0 spiro atoms. The number of benzene rings is 2. The molecule has 0 saturated carbocycles. The second-order valence-corrected chi connectivity index (χ2v) is 6.95. The zero-order chi connectivity index (χ0) is 20.0. The topological polar surface area (TPSA) is 74.2 Å². The van der Waals surface area contributed by atoms with E-state index >= 15 is 0 Å². The Balaban J connectivity index is 1.74. The van der Waals surface area contributed by atoms with Gasteiger partial charge in [-0.3, -0.25) is 14.6 Å². The van der Waals surface area contributed by atoms with E-state index < -0.39 is 23.6 Å². The van der Waals surface area contributed by atoms with Crippen LogP contribution in [0.3, 0.4) is 0 Å². The fourth-order valence-electron chi connectivity index (χ4n) is 2.87. The lowest BCUT2D eigenvalue weighted by Crippen LogP contribution is -2.50. The molecule has 1 heterocycles. The summed E-state index contributed by atoms with van der Waals surface area (Å²) in [5.74, 6) is -1.39. The Kier molecular flexibility index (Phi) is 6.34. The molecule has 1 fully saturated rings. The van der Waals surface area contributed by atoms with Gasteiger partial charge in [0.15, 0.2) is 12.1 Å². The Bertz CT molecular complexity index is 847. The average Bonchev–Trinajstić information content (AvgIpc) is 2.71. The number of aliphatic imine (C=N–C) groups is 1. The second-order valence-electron chi connectivity index (χ2n) is 6.95. The van der Waals surface area contributed by atoms with Crippen molar-refractivity contribution >= 4 is 24.0 Å². The van der Waals surface area contributed by atoms with Crippen molar-refractivity contribution in [3.05, 3.63) is 60.2 Å². The highest BCUT2D eigenvalue weighted by molar-refractivity contribution is 6.27. The summed E-state index contributed by atoms with van der Waals surface area (Å²) in [4.78, 5) is 27.4. The average molecular weight is 381 g/mol. The van der Waals surface area contributed by atoms with Crippen LogP contribution < -0.4 is 4.74 Å². The predicted molar refractivity (Wildman–Crippen MR) is 105 cm³/mol. The number of para-hydroxylation sites is 2. The van der Waals surface area contributed by atoms with Crippen LogP contribution in [0.15, 0.2) is 59.6 Å². The van der Waals surface area contributed by atoms with Crippen LogP contribution in [-0.2, 0) is 25.7 Å². The molecule has 0 amide bonds. The number of nitrogens with zero attached hydrogens (tertiary/aromatic N) is 1. The molecule has 28 heavy (non-hydrogen) atoms. The quantitative estimate of drug-likeness (QED) is 0.417. The molecule has 1 aliphatic rings. The van der Waals surface area contributed by atoms with Crippen LogP contribution in [0, 0.1) is 5.92 Å². The maximum absolute atomic E-state index is 12.0. The van der Waals surface area contributed by atoms with Gasteiger partial charge in [0, 0.05) is 6.21 Å². The monoisotopic (exact) mass is 381 g/mol. The van der Waals surface area contributed by atoms with E-state index in [1.54, 1.807) is 20.1 Å². The molecule has 0 aliphatic carbocycles. The summed E-state index contributed by atoms with van der Waals surface area (Å²) in [6.45, 7) is 4.06. The van der Waals surface area contributed by atoms with Crippen LogP contribution in [0.4, 0.5) is 5.69 Å². The number of rotatable bonds is 7. The Labute approximate surface area is 164 Å². The summed E-state index contributed by atoms with van der Waals surface area (Å²) in [5.41, 5.74) is 1.68. The predicted octanol–water partition coefficient (Wildman–Crippen LogP) is 3.50. The SMILES string of the molecule is CC1(C)OCC(C=Nc2ccccc2OCc2ccccc2)C(C(=O)C=O)O1. The molecule has 0 aromatic heterocycles. The number of hydrogen-bond donors (Lipinski definition) is 0. The lowest BCUT2D eigenvalue weighted by atomic mass is 9.99. The van der Waals surface area contributed by atoms with E-state index in [-0.39, 0.29) is 12.9 Å². The number of carbonyl (C=O) groups excluding carboxylic acids is 2. The summed E-state index contributed by atoms with van der Waals surface area (Å²) in [5, 5.41) is 0. The summed E-state index contributed by atoms with van der Waals surface area (Å²) < 4.78 is 17.1. The van der Waals surface area contributed by atoms with Gasteiger partial charge in [-0.25, -0.2) is 0 Å². The van der Waals surface area contributed by atoms with Crippen molar-refractivity contribution in [2.24, 2.45) is 10.9 Å². The van der Waals surface area contributed by atoms with E-state index in [0.29, 0.717) is 18.0 Å². The molecule has 3 rings (SSSR count). The molecule has 1 aliphatic heterocycles. The maximum atomic E-state index is 12.0. The van der Waals surface area contributed by atoms with E-state index in [4.69, 9.17) is 14.2 Å². The largest absolute Gasteiger partial charge is 0.487 e. The number of Topliss-reactive ketones (excluding diaryl/α,β-unsaturated/α-hetero) is 1. The number of aldehydes is 1. The molecule has 2 atom stereocenters. The van der Waals surface area contributed by atoms with Crippen molar-refractivity contribution < 1.29 is 23.8 Å². The lowest BCUT2D eigenvalue weighted by molar-refractivity contribution is -0.275. The molecule has 0 radical (unpaired) electrons. The third-order valence-electron chi connectivity index (χ3n) is 4.33. The molecule has 2 aromatic rings. The van der Waals surface area contributed by atoms with Gasteiger partial charge in [-0.2, -0.15) is 0 Å². The fraction of sp³-hybridized carbons (Fsp3) is 0.318. The van der Waals surface area contributed by atoms with Crippen molar-refractivity contribution in [1.82, 2.24) is 0 Å². The van der Waals surface area contributed by atoms with Gasteiger partial charge in [-0.1, -0.05) is 42.5 Å². The van der Waals surface area contributed by atoms with Crippen LogP contribution in [0.1, 0.15) is 19.4 Å². The maximum Gasteiger partial charge on any atom is 0.224 e. The van der Waals surface area contributed by atoms with Crippen molar-refractivity contribution in [1.29, 1.82) is 0 Å². The Morgan fingerprint density at radius 3 is 2.64 bits per heavy atom. The number of ketones is 1. The summed E-state index contributed by atoms with van der Waals surface area (Å²) in [6.07, 6.45) is 0.956. The molecule has 6 heteroatoms. The van der Waals surface area contributed by atoms with Crippen LogP contribution in [0.25, 0.3) is 0 Å². The molecule has 0 bridgehead atoms. The summed E-state index contributed by atoms with van der Waals surface area (Å²) >= 11 is 0. The first-order chi connectivity index (χ1) is 13.5. The zero-order valence-corrected chi connectivity index (χ0v) is 15.9. The van der Waals surface area contributed by atoms with Crippen LogP contribution >= 0.6 is 0 Å². The number of hydrogen-bond acceptors (Lipinski definition) is 6. The second kappa shape index (κ2) is 8.91. The van der Waals surface area contributed by atoms with Crippen molar-refractivity contribution in [3.8, 4) is 5.75 Å². The first-order valence-corrected chi connectivity index (χ1v) is 9.09. The minimum absolute atomic E-state index is 0.230. The molecule has 0 N–H and O–H groups in total. The molecular formula is C22H23NO5. The van der Waals surface area contributed by atoms with E-state index in [0.717, 1.165) is 5.56 Å². The smallest absolute Gasteiger partial charge is 0.224 e. The van der Waals surface area contributed by atoms with Gasteiger partial charge in [0.05, 0.1) is 12.5 Å². The van der Waals surface area contributed by atoms with Crippen molar-refractivity contribution in [2.45, 2.75) is 32.3 Å². The fourth-order valence-corrected chi connectivity index (χ4v) is 2.87. The normalized spacial score (nSPS) is 21.4. The van der Waals surface area contributed by atoms with Crippen molar-refractivity contribution in [2.75, 3.05) is 6.61 Å². The number of carbonyl (C=O) groups is 2. The lowest BCUT2D eigenvalue weighted by Gasteiger charge is -2.38. The van der Waals surface area contributed by atoms with Gasteiger partial charge in [-0.05, 0) is 31.5 Å². The molecule has 146 valence electrons. The van der Waals surface area contributed by atoms with E-state index in [1.807, 2.05) is 54.6 Å². The third-order valence-corrected chi connectivity index (χ3v) is 4.33. The van der Waals surface area contributed by atoms with E-state index in [1.165, 1.54) is 0 Å². The third kappa shape index (κ3) is 5.12. The number of ether oxygens (including phenoxy) is 3. The van der Waals surface area contributed by atoms with Gasteiger partial charge in [0.25, 0.3) is 0 Å². The Morgan fingerprint density at radius 1 is 1.18 bits per heavy atom. The van der Waals surface area contributed by atoms with E-state index in [2.05, 4.69) is 4.99 Å². The van der Waals surface area contributed by atoms with Crippen molar-refractivity contribution in [3.63, 3.8) is 0 Å². The van der Waals surface area contributed by atoms with Crippen LogP contribution in [0.5, 0.6) is 5.75 Å². The summed E-state index contributed by atoms with van der Waals surface area (Å²) in [6, 6.07) is 17.2. The molecular weight excluding hydrogens is 358 g/mol. The highest BCUT2D eigenvalue weighted by Gasteiger charge is 2.39. The standard InChI is InChI=1S/C22H23NO5/c1-22(2)27-15-17(21(28-22)19(25)13-24)12-23-18-10-6-7-11-20(18)26-14-16-8-4-3-5-9-16/h3-13,17,21H,14-15H2,1-2H3. The van der Waals surface area contributed by atoms with Gasteiger partial charge in [-0.15, -0.1) is 0 Å². The summed E-state index contributed by atoms with van der Waals surface area (Å²) in [7, 11) is 0.